The first-order valence-corrected chi connectivity index (χ1v) is 6.54. The lowest BCUT2D eigenvalue weighted by Gasteiger charge is -2.34. The Labute approximate surface area is 83.1 Å². The van der Waals surface area contributed by atoms with E-state index in [-0.39, 0.29) is 0 Å². The van der Waals surface area contributed by atoms with Crippen molar-refractivity contribution in [3.8, 4) is 0 Å². The maximum Gasteiger partial charge on any atom is 0.0757 e. The van der Waals surface area contributed by atoms with Crippen molar-refractivity contribution in [2.45, 2.75) is 27.7 Å². The second-order valence-corrected chi connectivity index (χ2v) is 3.83. The van der Waals surface area contributed by atoms with Crippen LogP contribution in [-0.4, -0.2) is 43.2 Å². The van der Waals surface area contributed by atoms with Crippen LogP contribution < -0.4 is 0 Å². The molecule has 1 nitrogen and oxygen atoms in total. The van der Waals surface area contributed by atoms with Gasteiger partial charge in [0.15, 0.2) is 0 Å². The average molecular weight is 192 g/mol. The van der Waals surface area contributed by atoms with Crippen molar-refractivity contribution in [1.29, 1.82) is 0 Å². The van der Waals surface area contributed by atoms with Crippen molar-refractivity contribution in [3.63, 3.8) is 0 Å². The fourth-order valence-electron chi connectivity index (χ4n) is 1.34. The molecule has 0 saturated heterocycles. The molecule has 0 aromatic carbocycles. The average Bonchev–Trinajstić information content (AvgIpc) is 2.11. The smallest absolute Gasteiger partial charge is 0.0757 e. The van der Waals surface area contributed by atoms with Gasteiger partial charge in [-0.25, -0.2) is 0 Å². The van der Waals surface area contributed by atoms with E-state index in [1.54, 1.807) is 11.8 Å². The molecule has 0 aliphatic rings. The maximum absolute atomic E-state index is 2.27. The number of hydrogen-bond donors (Lipinski definition) is 0. The summed E-state index contributed by atoms with van der Waals surface area (Å²) in [4.78, 5) is 0. The zero-order chi connectivity index (χ0) is 10.0. The zero-order valence-corrected chi connectivity index (χ0v) is 10.5. The molecule has 0 aliphatic heterocycles. The first-order valence-electron chi connectivity index (χ1n) is 4.91. The van der Waals surface area contributed by atoms with Gasteiger partial charge in [-0.2, -0.15) is 11.8 Å². The van der Waals surface area contributed by atoms with Crippen LogP contribution in [-0.2, 0) is 0 Å². The topological polar surface area (TPSA) is 0 Å². The monoisotopic (exact) mass is 192 g/mol. The summed E-state index contributed by atoms with van der Waals surface area (Å²) < 4.78 is 1.28. The molecule has 0 bridgehead atoms. The van der Waals surface area contributed by atoms with Gasteiger partial charge in [-0.1, -0.05) is 0 Å². The van der Waals surface area contributed by atoms with Crippen molar-refractivity contribution in [1.82, 2.24) is 0 Å². The van der Waals surface area contributed by atoms with Crippen molar-refractivity contribution in [2.24, 2.45) is 0 Å². The van der Waals surface area contributed by atoms with E-state index in [1.807, 2.05) is 12.5 Å². The van der Waals surface area contributed by atoms with E-state index < -0.39 is 0 Å². The lowest BCUT2D eigenvalue weighted by Crippen LogP contribution is -2.47. The molecule has 0 atom stereocenters. The Bertz CT molecular complexity index is 62.4. The highest BCUT2D eigenvalue weighted by Crippen LogP contribution is 2.03. The molecule has 0 N–H and O–H groups in total. The Morgan fingerprint density at radius 2 is 0.917 bits per heavy atom. The molecule has 0 aromatic rings. The van der Waals surface area contributed by atoms with Crippen LogP contribution in [0.1, 0.15) is 27.7 Å². The molecule has 76 valence electrons. The van der Waals surface area contributed by atoms with Gasteiger partial charge in [0.1, 0.15) is 0 Å². The summed E-state index contributed by atoms with van der Waals surface area (Å²) in [5.74, 6) is 0. The first kappa shape index (κ1) is 14.8. The van der Waals surface area contributed by atoms with Gasteiger partial charge >= 0.3 is 0 Å². The summed E-state index contributed by atoms with van der Waals surface area (Å²) in [6.07, 6.45) is 4.08. The van der Waals surface area contributed by atoms with E-state index in [2.05, 4.69) is 27.7 Å². The number of thioether (sulfide) groups is 1. The van der Waals surface area contributed by atoms with Crippen LogP contribution in [0, 0.1) is 0 Å². The fraction of sp³-hybridized carbons (Fsp3) is 1.00. The van der Waals surface area contributed by atoms with E-state index in [4.69, 9.17) is 0 Å². The Hall–Kier alpha value is 0.310. The van der Waals surface area contributed by atoms with Gasteiger partial charge in [0.25, 0.3) is 0 Å². The van der Waals surface area contributed by atoms with Crippen molar-refractivity contribution < 1.29 is 4.48 Å². The molecule has 0 saturated carbocycles. The summed E-state index contributed by atoms with van der Waals surface area (Å²) in [7, 11) is 0. The van der Waals surface area contributed by atoms with Crippen LogP contribution in [0.15, 0.2) is 0 Å². The molecule has 0 unspecified atom stereocenters. The van der Waals surface area contributed by atoms with Crippen LogP contribution in [0.5, 0.6) is 0 Å². The van der Waals surface area contributed by atoms with Crippen LogP contribution in [0.25, 0.3) is 0 Å². The second-order valence-electron chi connectivity index (χ2n) is 3.01. The summed E-state index contributed by atoms with van der Waals surface area (Å²) >= 11 is 1.75. The van der Waals surface area contributed by atoms with Gasteiger partial charge in [0, 0.05) is 0 Å². The highest BCUT2D eigenvalue weighted by molar-refractivity contribution is 7.97. The molecule has 12 heavy (non-hydrogen) atoms. The summed E-state index contributed by atoms with van der Waals surface area (Å²) in [6, 6.07) is 0. The number of quaternary nitrogens is 1. The molecule has 0 aromatic heterocycles. The highest BCUT2D eigenvalue weighted by atomic mass is 32.2. The minimum absolute atomic E-state index is 1.28. The SMILES string of the molecule is CC[N+](CC)(CC)CC.CSC. The molecule has 0 amide bonds. The second kappa shape index (κ2) is 9.40. The predicted octanol–water partition coefficient (Wildman–Crippen LogP) is 2.86. The number of rotatable bonds is 4. The van der Waals surface area contributed by atoms with E-state index in [0.29, 0.717) is 0 Å². The van der Waals surface area contributed by atoms with E-state index >= 15 is 0 Å². The molecule has 0 heterocycles. The molecular formula is C10H26NS+. The standard InChI is InChI=1S/C8H20N.C2H6S/c1-5-9(6-2,7-3)8-4;1-3-2/h5-8H2,1-4H3;1-2H3/q+1;. The van der Waals surface area contributed by atoms with Gasteiger partial charge in [-0.15, -0.1) is 0 Å². The normalized spacial score (nSPS) is 10.5. The first-order chi connectivity index (χ1) is 5.66. The summed E-state index contributed by atoms with van der Waals surface area (Å²) in [5, 5.41) is 0. The Morgan fingerprint density at radius 3 is 0.917 bits per heavy atom. The van der Waals surface area contributed by atoms with Crippen molar-refractivity contribution >= 4 is 11.8 Å². The van der Waals surface area contributed by atoms with E-state index in [0.717, 1.165) is 0 Å². The Kier molecular flexibility index (Phi) is 11.6. The molecule has 2 heteroatoms. The van der Waals surface area contributed by atoms with Crippen LogP contribution >= 0.6 is 11.8 Å². The summed E-state index contributed by atoms with van der Waals surface area (Å²) in [6.45, 7) is 14.2. The van der Waals surface area contributed by atoms with Crippen LogP contribution in [0.2, 0.25) is 0 Å². The molecular weight excluding hydrogens is 166 g/mol. The maximum atomic E-state index is 2.27. The minimum atomic E-state index is 1.28. The molecule has 0 radical (unpaired) electrons. The van der Waals surface area contributed by atoms with Crippen LogP contribution in [0.3, 0.4) is 0 Å². The third-order valence-corrected chi connectivity index (χ3v) is 2.68. The number of hydrogen-bond acceptors (Lipinski definition) is 1. The lowest BCUT2D eigenvalue weighted by atomic mass is 10.3. The van der Waals surface area contributed by atoms with E-state index in [9.17, 15) is 0 Å². The molecule has 0 fully saturated rings. The number of nitrogens with zero attached hydrogens (tertiary/aromatic N) is 1. The van der Waals surface area contributed by atoms with Gasteiger partial charge in [0.05, 0.1) is 26.2 Å². The van der Waals surface area contributed by atoms with Gasteiger partial charge in [-0.05, 0) is 40.2 Å². The lowest BCUT2D eigenvalue weighted by molar-refractivity contribution is -0.921. The Balaban J connectivity index is 0. The van der Waals surface area contributed by atoms with Gasteiger partial charge in [0.2, 0.25) is 0 Å². The predicted molar refractivity (Wildman–Crippen MR) is 61.9 cm³/mol. The quantitative estimate of drug-likeness (QED) is 0.617. The largest absolute Gasteiger partial charge is 0.325 e. The van der Waals surface area contributed by atoms with Crippen LogP contribution in [0.4, 0.5) is 0 Å². The van der Waals surface area contributed by atoms with Gasteiger partial charge in [-0.3, -0.25) is 0 Å². The molecule has 0 spiro atoms. The third kappa shape index (κ3) is 5.90. The minimum Gasteiger partial charge on any atom is -0.325 e. The fourth-order valence-corrected chi connectivity index (χ4v) is 1.34. The Morgan fingerprint density at radius 1 is 0.750 bits per heavy atom. The molecule has 0 aliphatic carbocycles. The highest BCUT2D eigenvalue weighted by Gasteiger charge is 2.16. The van der Waals surface area contributed by atoms with E-state index in [1.165, 1.54) is 30.7 Å². The summed E-state index contributed by atoms with van der Waals surface area (Å²) in [5.41, 5.74) is 0. The van der Waals surface area contributed by atoms with Crippen molar-refractivity contribution in [3.05, 3.63) is 0 Å². The third-order valence-electron chi connectivity index (χ3n) is 2.68. The zero-order valence-electron chi connectivity index (χ0n) is 9.68. The van der Waals surface area contributed by atoms with Crippen molar-refractivity contribution in [2.75, 3.05) is 38.7 Å². The van der Waals surface area contributed by atoms with Gasteiger partial charge < -0.3 is 4.48 Å². The molecule has 0 rings (SSSR count).